The van der Waals surface area contributed by atoms with Gasteiger partial charge in [0.15, 0.2) is 5.82 Å². The average Bonchev–Trinajstić information content (AvgIpc) is 3.49. The van der Waals surface area contributed by atoms with E-state index >= 15 is 0 Å². The van der Waals surface area contributed by atoms with E-state index in [2.05, 4.69) is 22.2 Å². The van der Waals surface area contributed by atoms with Crippen LogP contribution in [0.2, 0.25) is 0 Å². The van der Waals surface area contributed by atoms with Gasteiger partial charge in [0, 0.05) is 41.9 Å². The molecule has 4 heterocycles. The highest BCUT2D eigenvalue weighted by atomic mass is 16.3. The van der Waals surface area contributed by atoms with E-state index in [1.54, 1.807) is 10.7 Å². The van der Waals surface area contributed by atoms with Crippen LogP contribution in [-0.4, -0.2) is 46.3 Å². The van der Waals surface area contributed by atoms with Gasteiger partial charge in [-0.3, -0.25) is 9.67 Å². The van der Waals surface area contributed by atoms with E-state index in [0.717, 1.165) is 44.8 Å². The predicted molar refractivity (Wildman–Crippen MR) is 138 cm³/mol. The minimum atomic E-state index is -0.255. The standard InChI is InChI=1S/C27H29N7O2/c1-17-12-25(32-33(17)2)20-13-18(23-8-4-9-24(31-23)22(28)7-5-11-35)14-26-21(20)15-29-34(26)27-10-3-6-19(16-36)30-27/h3-4,6,8-10,12-15,22,35-36H,5,7,11,16,28H2,1-2H3. The fourth-order valence-corrected chi connectivity index (χ4v) is 4.31. The van der Waals surface area contributed by atoms with Crippen LogP contribution in [0, 0.1) is 6.92 Å². The minimum absolute atomic E-state index is 0.104. The molecule has 5 rings (SSSR count). The van der Waals surface area contributed by atoms with Crippen molar-refractivity contribution in [3.05, 3.63) is 77.9 Å². The Morgan fingerprint density at radius 3 is 2.58 bits per heavy atom. The van der Waals surface area contributed by atoms with Gasteiger partial charge in [-0.05, 0) is 62.2 Å². The SMILES string of the molecule is Cc1cc(-c2cc(-c3cccc(C(N)CCCO)n3)cc3c2cnn3-c2cccc(CO)n2)nn1C. The first-order valence-corrected chi connectivity index (χ1v) is 11.9. The van der Waals surface area contributed by atoms with Crippen molar-refractivity contribution in [2.24, 2.45) is 12.8 Å². The number of nitrogens with zero attached hydrogens (tertiary/aromatic N) is 6. The van der Waals surface area contributed by atoms with Crippen molar-refractivity contribution in [1.29, 1.82) is 0 Å². The smallest absolute Gasteiger partial charge is 0.154 e. The van der Waals surface area contributed by atoms with Crippen molar-refractivity contribution in [3.63, 3.8) is 0 Å². The number of benzene rings is 1. The van der Waals surface area contributed by atoms with Crippen LogP contribution in [0.4, 0.5) is 0 Å². The van der Waals surface area contributed by atoms with Crippen LogP contribution in [0.25, 0.3) is 39.2 Å². The molecule has 0 amide bonds. The Labute approximate surface area is 208 Å². The maximum absolute atomic E-state index is 9.58. The highest BCUT2D eigenvalue weighted by Gasteiger charge is 2.17. The molecule has 0 bridgehead atoms. The lowest BCUT2D eigenvalue weighted by molar-refractivity contribution is 0.276. The summed E-state index contributed by atoms with van der Waals surface area (Å²) in [6.45, 7) is 1.97. The van der Waals surface area contributed by atoms with Gasteiger partial charge in [-0.15, -0.1) is 0 Å². The van der Waals surface area contributed by atoms with Crippen LogP contribution in [0.3, 0.4) is 0 Å². The average molecular weight is 484 g/mol. The summed E-state index contributed by atoms with van der Waals surface area (Å²) in [5, 5.41) is 29.1. The van der Waals surface area contributed by atoms with Crippen LogP contribution in [0.5, 0.6) is 0 Å². The first-order valence-electron chi connectivity index (χ1n) is 11.9. The van der Waals surface area contributed by atoms with Crippen molar-refractivity contribution in [1.82, 2.24) is 29.5 Å². The highest BCUT2D eigenvalue weighted by Crippen LogP contribution is 2.34. The molecule has 0 saturated carbocycles. The Bertz CT molecular complexity index is 1500. The number of aliphatic hydroxyl groups is 2. The van der Waals surface area contributed by atoms with E-state index in [4.69, 9.17) is 15.8 Å². The second-order valence-corrected chi connectivity index (χ2v) is 8.87. The summed E-state index contributed by atoms with van der Waals surface area (Å²) in [6.07, 6.45) is 3.10. The Morgan fingerprint density at radius 1 is 1.00 bits per heavy atom. The molecule has 9 nitrogen and oxygen atoms in total. The fourth-order valence-electron chi connectivity index (χ4n) is 4.31. The fraction of sp³-hybridized carbons (Fsp3) is 0.259. The first kappa shape index (κ1) is 23.8. The van der Waals surface area contributed by atoms with Gasteiger partial charge < -0.3 is 15.9 Å². The van der Waals surface area contributed by atoms with Gasteiger partial charge in [-0.1, -0.05) is 12.1 Å². The van der Waals surface area contributed by atoms with Crippen LogP contribution >= 0.6 is 0 Å². The third kappa shape index (κ3) is 4.51. The van der Waals surface area contributed by atoms with Crippen LogP contribution in [-0.2, 0) is 13.7 Å². The summed E-state index contributed by atoms with van der Waals surface area (Å²) >= 11 is 0. The zero-order chi connectivity index (χ0) is 25.2. The van der Waals surface area contributed by atoms with Gasteiger partial charge in [0.05, 0.1) is 41.1 Å². The molecule has 0 spiro atoms. The van der Waals surface area contributed by atoms with E-state index in [0.29, 0.717) is 24.4 Å². The lowest BCUT2D eigenvalue weighted by atomic mass is 10.00. The molecule has 0 radical (unpaired) electrons. The zero-order valence-electron chi connectivity index (χ0n) is 20.3. The summed E-state index contributed by atoms with van der Waals surface area (Å²) < 4.78 is 3.62. The number of aromatic nitrogens is 6. The summed E-state index contributed by atoms with van der Waals surface area (Å²) in [5.74, 6) is 0.615. The molecule has 0 fully saturated rings. The normalized spacial score (nSPS) is 12.4. The molecule has 0 saturated heterocycles. The van der Waals surface area contributed by atoms with Crippen molar-refractivity contribution < 1.29 is 10.2 Å². The number of nitrogens with two attached hydrogens (primary N) is 1. The molecule has 1 aromatic carbocycles. The molecule has 1 atom stereocenters. The van der Waals surface area contributed by atoms with Gasteiger partial charge in [-0.2, -0.15) is 10.2 Å². The molecular formula is C27H29N7O2. The van der Waals surface area contributed by atoms with E-state index in [-0.39, 0.29) is 19.3 Å². The zero-order valence-corrected chi connectivity index (χ0v) is 20.3. The number of hydrogen-bond donors (Lipinski definition) is 3. The maximum Gasteiger partial charge on any atom is 0.154 e. The minimum Gasteiger partial charge on any atom is -0.396 e. The summed E-state index contributed by atoms with van der Waals surface area (Å²) in [7, 11) is 1.92. The Hall–Kier alpha value is -3.92. The molecule has 0 aliphatic rings. The van der Waals surface area contributed by atoms with E-state index in [1.165, 1.54) is 0 Å². The van der Waals surface area contributed by atoms with Crippen molar-refractivity contribution >= 4 is 10.9 Å². The number of aryl methyl sites for hydroxylation is 2. The van der Waals surface area contributed by atoms with Gasteiger partial charge in [0.2, 0.25) is 0 Å². The monoisotopic (exact) mass is 483 g/mol. The van der Waals surface area contributed by atoms with Crippen molar-refractivity contribution in [2.75, 3.05) is 6.61 Å². The quantitative estimate of drug-likeness (QED) is 0.308. The molecule has 9 heteroatoms. The summed E-state index contributed by atoms with van der Waals surface area (Å²) in [4.78, 5) is 9.41. The lowest BCUT2D eigenvalue weighted by Gasteiger charge is -2.13. The molecule has 4 N–H and O–H groups in total. The molecule has 0 aliphatic heterocycles. The Balaban J connectivity index is 1.70. The predicted octanol–water partition coefficient (Wildman–Crippen LogP) is 3.46. The molecule has 1 unspecified atom stereocenters. The number of fused-ring (bicyclic) bond motifs is 1. The molecule has 184 valence electrons. The summed E-state index contributed by atoms with van der Waals surface area (Å²) in [5.41, 5.74) is 13.1. The maximum atomic E-state index is 9.58. The third-order valence-electron chi connectivity index (χ3n) is 6.37. The number of aliphatic hydroxyl groups excluding tert-OH is 2. The van der Waals surface area contributed by atoms with Crippen molar-refractivity contribution in [3.8, 4) is 28.3 Å². The Kier molecular flexibility index (Phi) is 6.60. The lowest BCUT2D eigenvalue weighted by Crippen LogP contribution is -2.12. The first-order chi connectivity index (χ1) is 17.5. The second-order valence-electron chi connectivity index (χ2n) is 8.87. The number of pyridine rings is 2. The molecule has 36 heavy (non-hydrogen) atoms. The van der Waals surface area contributed by atoms with E-state index < -0.39 is 0 Å². The topological polar surface area (TPSA) is 128 Å². The molecule has 5 aromatic rings. The molecular weight excluding hydrogens is 454 g/mol. The van der Waals surface area contributed by atoms with E-state index in [9.17, 15) is 10.2 Å². The van der Waals surface area contributed by atoms with Crippen molar-refractivity contribution in [2.45, 2.75) is 32.4 Å². The van der Waals surface area contributed by atoms with Crippen LogP contribution in [0.15, 0.2) is 60.8 Å². The van der Waals surface area contributed by atoms with Gasteiger partial charge in [0.1, 0.15) is 0 Å². The van der Waals surface area contributed by atoms with Crippen LogP contribution < -0.4 is 5.73 Å². The molecule has 0 aliphatic carbocycles. The number of hydrogen-bond acceptors (Lipinski definition) is 7. The highest BCUT2D eigenvalue weighted by molar-refractivity contribution is 5.97. The van der Waals surface area contributed by atoms with Gasteiger partial charge >= 0.3 is 0 Å². The third-order valence-corrected chi connectivity index (χ3v) is 6.37. The van der Waals surface area contributed by atoms with E-state index in [1.807, 2.05) is 61.2 Å². The second kappa shape index (κ2) is 9.98. The largest absolute Gasteiger partial charge is 0.396 e. The number of rotatable bonds is 8. The van der Waals surface area contributed by atoms with Gasteiger partial charge in [-0.25, -0.2) is 9.67 Å². The van der Waals surface area contributed by atoms with Crippen LogP contribution in [0.1, 0.15) is 36.0 Å². The Morgan fingerprint density at radius 2 is 1.83 bits per heavy atom. The molecule has 4 aromatic heterocycles. The van der Waals surface area contributed by atoms with Gasteiger partial charge in [0.25, 0.3) is 0 Å². The summed E-state index contributed by atoms with van der Waals surface area (Å²) in [6, 6.07) is 17.2.